The maximum atomic E-state index is 13.6. The first-order valence-corrected chi connectivity index (χ1v) is 12.2. The predicted molar refractivity (Wildman–Crippen MR) is 132 cm³/mol. The lowest BCUT2D eigenvalue weighted by atomic mass is 9.91. The number of carbonyl (C=O) groups is 1. The molecule has 1 aliphatic carbocycles. The molecule has 10 heteroatoms. The van der Waals surface area contributed by atoms with Crippen LogP contribution in [0.1, 0.15) is 32.1 Å². The summed E-state index contributed by atoms with van der Waals surface area (Å²) in [6.07, 6.45) is 5.94. The van der Waals surface area contributed by atoms with Crippen LogP contribution in [0.2, 0.25) is 5.02 Å². The van der Waals surface area contributed by atoms with E-state index in [1.54, 1.807) is 13.2 Å². The van der Waals surface area contributed by atoms with Crippen molar-refractivity contribution in [3.8, 4) is 11.5 Å². The number of amides is 2. The largest absolute Gasteiger partial charge is 0.493 e. The Labute approximate surface area is 207 Å². The number of hydrogen-bond donors (Lipinski definition) is 2. The van der Waals surface area contributed by atoms with Gasteiger partial charge in [0.1, 0.15) is 18.0 Å². The minimum absolute atomic E-state index is 0.0161. The van der Waals surface area contributed by atoms with E-state index in [2.05, 4.69) is 20.6 Å². The fourth-order valence-electron chi connectivity index (χ4n) is 4.78. The van der Waals surface area contributed by atoms with Gasteiger partial charge in [-0.05, 0) is 56.4 Å². The molecule has 0 radical (unpaired) electrons. The molecule has 2 N–H and O–H groups in total. The van der Waals surface area contributed by atoms with E-state index in [1.807, 2.05) is 17.0 Å². The maximum Gasteiger partial charge on any atom is 0.317 e. The van der Waals surface area contributed by atoms with Crippen molar-refractivity contribution in [1.82, 2.24) is 20.2 Å². The molecule has 1 aliphatic heterocycles. The molecule has 1 aromatic heterocycles. The van der Waals surface area contributed by atoms with E-state index in [0.717, 1.165) is 50.6 Å². The van der Waals surface area contributed by atoms with E-state index in [9.17, 15) is 9.18 Å². The van der Waals surface area contributed by atoms with E-state index >= 15 is 0 Å². The normalized spacial score (nSPS) is 20.4. The molecule has 2 fully saturated rings. The van der Waals surface area contributed by atoms with Crippen molar-refractivity contribution in [1.29, 1.82) is 0 Å². The molecule has 184 valence electrons. The number of rotatable bonds is 6. The van der Waals surface area contributed by atoms with Gasteiger partial charge in [0.25, 0.3) is 0 Å². The minimum atomic E-state index is -0.485. The molecule has 1 saturated heterocycles. The highest BCUT2D eigenvalue weighted by Gasteiger charge is 2.31. The van der Waals surface area contributed by atoms with Crippen LogP contribution in [0.25, 0.3) is 10.9 Å². The summed E-state index contributed by atoms with van der Waals surface area (Å²) >= 11 is 5.93. The van der Waals surface area contributed by atoms with Crippen molar-refractivity contribution in [2.45, 2.75) is 44.2 Å². The highest BCUT2D eigenvalue weighted by Crippen LogP contribution is 2.37. The molecule has 5 rings (SSSR count). The standard InChI is InChI=1S/C25H27ClFN5O3/c1-34-22-13-21-18(24(30-14-29-21)31-15-3-8-20(27)19(26)11-15)12-23(22)35-17-6-4-16(5-7-17)32-10-2-9-28-25(32)33/h3,8,11-14,16-17H,2,4-7,9-10H2,1H3,(H,28,33)(H,29,30,31). The van der Waals surface area contributed by atoms with Crippen LogP contribution in [0.5, 0.6) is 11.5 Å². The van der Waals surface area contributed by atoms with Gasteiger partial charge in [0, 0.05) is 36.3 Å². The van der Waals surface area contributed by atoms with E-state index in [-0.39, 0.29) is 23.2 Å². The summed E-state index contributed by atoms with van der Waals surface area (Å²) < 4.78 is 25.5. The minimum Gasteiger partial charge on any atom is -0.493 e. The molecular weight excluding hydrogens is 473 g/mol. The number of benzene rings is 2. The molecule has 0 unspecified atom stereocenters. The molecule has 2 amide bonds. The van der Waals surface area contributed by atoms with Gasteiger partial charge in [-0.3, -0.25) is 0 Å². The molecule has 2 aromatic carbocycles. The molecule has 3 aromatic rings. The van der Waals surface area contributed by atoms with Gasteiger partial charge >= 0.3 is 6.03 Å². The van der Waals surface area contributed by atoms with Crippen molar-refractivity contribution >= 4 is 40.0 Å². The van der Waals surface area contributed by atoms with Crippen LogP contribution < -0.4 is 20.1 Å². The quantitative estimate of drug-likeness (QED) is 0.479. The molecule has 8 nitrogen and oxygen atoms in total. The molecule has 0 atom stereocenters. The lowest BCUT2D eigenvalue weighted by Gasteiger charge is -2.39. The lowest BCUT2D eigenvalue weighted by Crippen LogP contribution is -2.52. The fourth-order valence-corrected chi connectivity index (χ4v) is 4.96. The van der Waals surface area contributed by atoms with Gasteiger partial charge in [0.2, 0.25) is 0 Å². The third-order valence-electron chi connectivity index (χ3n) is 6.59. The number of carbonyl (C=O) groups excluding carboxylic acids is 1. The van der Waals surface area contributed by atoms with Crippen molar-refractivity contribution in [3.63, 3.8) is 0 Å². The first kappa shape index (κ1) is 23.4. The lowest BCUT2D eigenvalue weighted by molar-refractivity contribution is 0.0917. The zero-order chi connectivity index (χ0) is 24.4. The molecule has 0 bridgehead atoms. The Kier molecular flexibility index (Phi) is 6.77. The van der Waals surface area contributed by atoms with Gasteiger partial charge in [0.05, 0.1) is 23.8 Å². The van der Waals surface area contributed by atoms with Crippen molar-refractivity contribution < 1.29 is 18.7 Å². The van der Waals surface area contributed by atoms with Crippen LogP contribution in [0, 0.1) is 5.82 Å². The van der Waals surface area contributed by atoms with Crippen LogP contribution in [0.15, 0.2) is 36.7 Å². The van der Waals surface area contributed by atoms with E-state index < -0.39 is 5.82 Å². The summed E-state index contributed by atoms with van der Waals surface area (Å²) in [5, 5.41) is 6.89. The van der Waals surface area contributed by atoms with Gasteiger partial charge in [-0.25, -0.2) is 19.2 Å². The van der Waals surface area contributed by atoms with Crippen molar-refractivity contribution in [2.24, 2.45) is 0 Å². The molecule has 2 heterocycles. The summed E-state index contributed by atoms with van der Waals surface area (Å²) in [6, 6.07) is 8.38. The molecular formula is C25H27ClFN5O3. The number of hydrogen-bond acceptors (Lipinski definition) is 6. The average molecular weight is 500 g/mol. The monoisotopic (exact) mass is 499 g/mol. The van der Waals surface area contributed by atoms with Gasteiger partial charge in [-0.1, -0.05) is 11.6 Å². The van der Waals surface area contributed by atoms with Crippen LogP contribution in [0.4, 0.5) is 20.7 Å². The smallest absolute Gasteiger partial charge is 0.317 e. The Hall–Kier alpha value is -3.33. The number of halogens is 2. The molecule has 35 heavy (non-hydrogen) atoms. The van der Waals surface area contributed by atoms with E-state index in [0.29, 0.717) is 28.5 Å². The molecule has 2 aliphatic rings. The SMILES string of the molecule is COc1cc2ncnc(Nc3ccc(F)c(Cl)c3)c2cc1OC1CCC(N2CCCNC2=O)CC1. The van der Waals surface area contributed by atoms with Gasteiger partial charge in [-0.15, -0.1) is 0 Å². The number of ether oxygens (including phenoxy) is 2. The number of aromatic nitrogens is 2. The topological polar surface area (TPSA) is 88.6 Å². The van der Waals surface area contributed by atoms with E-state index in [4.69, 9.17) is 21.1 Å². The van der Waals surface area contributed by atoms with Crippen LogP contribution in [-0.4, -0.2) is 53.2 Å². The fraction of sp³-hybridized carbons (Fsp3) is 0.400. The Morgan fingerprint density at radius 1 is 1.14 bits per heavy atom. The average Bonchev–Trinajstić information content (AvgIpc) is 2.87. The summed E-state index contributed by atoms with van der Waals surface area (Å²) in [5.41, 5.74) is 1.29. The van der Waals surface area contributed by atoms with Crippen LogP contribution in [-0.2, 0) is 0 Å². The summed E-state index contributed by atoms with van der Waals surface area (Å²) in [5.74, 6) is 1.25. The number of urea groups is 1. The van der Waals surface area contributed by atoms with Crippen LogP contribution in [0.3, 0.4) is 0 Å². The first-order valence-electron chi connectivity index (χ1n) is 11.8. The number of anilines is 2. The summed E-state index contributed by atoms with van der Waals surface area (Å²) in [4.78, 5) is 22.9. The zero-order valence-electron chi connectivity index (χ0n) is 19.4. The second kappa shape index (κ2) is 10.1. The first-order chi connectivity index (χ1) is 17.0. The van der Waals surface area contributed by atoms with Gasteiger partial charge in [0.15, 0.2) is 11.5 Å². The third-order valence-corrected chi connectivity index (χ3v) is 6.88. The van der Waals surface area contributed by atoms with Gasteiger partial charge < -0.3 is 25.0 Å². The summed E-state index contributed by atoms with van der Waals surface area (Å²) in [6.45, 7) is 1.57. The Morgan fingerprint density at radius 3 is 2.71 bits per heavy atom. The third kappa shape index (κ3) is 5.05. The van der Waals surface area contributed by atoms with Gasteiger partial charge in [-0.2, -0.15) is 0 Å². The van der Waals surface area contributed by atoms with E-state index in [1.165, 1.54) is 18.5 Å². The Bertz CT molecular complexity index is 1240. The highest BCUT2D eigenvalue weighted by molar-refractivity contribution is 6.31. The zero-order valence-corrected chi connectivity index (χ0v) is 20.1. The second-order valence-electron chi connectivity index (χ2n) is 8.82. The Balaban J connectivity index is 1.34. The number of nitrogens with one attached hydrogen (secondary N) is 2. The predicted octanol–water partition coefficient (Wildman–Crippen LogP) is 5.28. The Morgan fingerprint density at radius 2 is 1.97 bits per heavy atom. The van der Waals surface area contributed by atoms with Crippen LogP contribution >= 0.6 is 11.6 Å². The number of fused-ring (bicyclic) bond motifs is 1. The van der Waals surface area contributed by atoms with Crippen molar-refractivity contribution in [2.75, 3.05) is 25.5 Å². The second-order valence-corrected chi connectivity index (χ2v) is 9.23. The maximum absolute atomic E-state index is 13.6. The number of nitrogens with zero attached hydrogens (tertiary/aromatic N) is 3. The molecule has 1 saturated carbocycles. The molecule has 0 spiro atoms. The van der Waals surface area contributed by atoms with Crippen molar-refractivity contribution in [3.05, 3.63) is 47.5 Å². The highest BCUT2D eigenvalue weighted by atomic mass is 35.5. The number of methoxy groups -OCH3 is 1. The summed E-state index contributed by atoms with van der Waals surface area (Å²) in [7, 11) is 1.60.